The highest BCUT2D eigenvalue weighted by Gasteiger charge is 2.23. The molecule has 9 nitrogen and oxygen atoms in total. The number of benzene rings is 1. The molecule has 0 spiro atoms. The van der Waals surface area contributed by atoms with E-state index in [1.165, 1.54) is 42.6 Å². The maximum atomic E-state index is 13.0. The van der Waals surface area contributed by atoms with Gasteiger partial charge in [-0.1, -0.05) is 50.6 Å². The lowest BCUT2D eigenvalue weighted by molar-refractivity contribution is 0.103. The van der Waals surface area contributed by atoms with Crippen molar-refractivity contribution >= 4 is 44.9 Å². The van der Waals surface area contributed by atoms with Crippen LogP contribution in [0.25, 0.3) is 0 Å². The molecule has 0 unspecified atom stereocenters. The van der Waals surface area contributed by atoms with Crippen LogP contribution in [0.2, 0.25) is 5.02 Å². The first kappa shape index (κ1) is 24.1. The van der Waals surface area contributed by atoms with Crippen molar-refractivity contribution in [2.45, 2.75) is 31.1 Å². The zero-order chi connectivity index (χ0) is 24.4. The van der Waals surface area contributed by atoms with E-state index in [1.807, 2.05) is 20.8 Å². The van der Waals surface area contributed by atoms with Crippen LogP contribution >= 0.6 is 11.6 Å². The van der Waals surface area contributed by atoms with Gasteiger partial charge in [-0.05, 0) is 41.3 Å². The predicted molar refractivity (Wildman–Crippen MR) is 126 cm³/mol. The Morgan fingerprint density at radius 1 is 1.06 bits per heavy atom. The molecule has 0 atom stereocenters. The molecule has 11 heteroatoms. The second kappa shape index (κ2) is 9.16. The molecule has 2 aromatic heterocycles. The topological polar surface area (TPSA) is 144 Å². The summed E-state index contributed by atoms with van der Waals surface area (Å²) in [6.45, 7) is 6.06. The summed E-state index contributed by atoms with van der Waals surface area (Å²) in [6, 6.07) is 11.2. The summed E-state index contributed by atoms with van der Waals surface area (Å²) in [5.74, 6) is -0.621. The normalized spacial score (nSPS) is 11.6. The fraction of sp³-hybridized carbons (Fsp3) is 0.182. The number of hydrogen-bond donors (Lipinski definition) is 3. The van der Waals surface area contributed by atoms with Gasteiger partial charge in [0, 0.05) is 6.20 Å². The SMILES string of the molecule is CC(C)(C)c1ccc(S(=O)(=O)Nc2cc(Cl)cnc2C(=O)c2cccc(NC(N)=O)n2)cc1. The van der Waals surface area contributed by atoms with E-state index in [4.69, 9.17) is 17.3 Å². The third-order valence-electron chi connectivity index (χ3n) is 4.58. The van der Waals surface area contributed by atoms with Gasteiger partial charge in [-0.3, -0.25) is 14.8 Å². The van der Waals surface area contributed by atoms with E-state index in [2.05, 4.69) is 20.0 Å². The first-order valence-corrected chi connectivity index (χ1v) is 11.6. The minimum Gasteiger partial charge on any atom is -0.351 e. The zero-order valence-corrected chi connectivity index (χ0v) is 19.7. The zero-order valence-electron chi connectivity index (χ0n) is 18.1. The summed E-state index contributed by atoms with van der Waals surface area (Å²) < 4.78 is 28.4. The average Bonchev–Trinajstić information content (AvgIpc) is 2.72. The van der Waals surface area contributed by atoms with Crippen molar-refractivity contribution in [3.8, 4) is 0 Å². The monoisotopic (exact) mass is 487 g/mol. The average molecular weight is 488 g/mol. The minimum absolute atomic E-state index is 0.0136. The number of urea groups is 1. The molecule has 1 aromatic carbocycles. The number of carbonyl (C=O) groups excluding carboxylic acids is 2. The fourth-order valence-corrected chi connectivity index (χ4v) is 4.13. The molecule has 2 amide bonds. The van der Waals surface area contributed by atoms with Gasteiger partial charge in [-0.15, -0.1) is 0 Å². The molecule has 3 rings (SSSR count). The van der Waals surface area contributed by atoms with E-state index >= 15 is 0 Å². The molecule has 0 aliphatic rings. The van der Waals surface area contributed by atoms with E-state index in [9.17, 15) is 18.0 Å². The maximum Gasteiger partial charge on any atom is 0.317 e. The van der Waals surface area contributed by atoms with Gasteiger partial charge in [-0.25, -0.2) is 23.2 Å². The van der Waals surface area contributed by atoms with Crippen LogP contribution in [-0.2, 0) is 15.4 Å². The number of amides is 2. The minimum atomic E-state index is -4.05. The highest BCUT2D eigenvalue weighted by atomic mass is 35.5. The Morgan fingerprint density at radius 2 is 1.73 bits per heavy atom. The molecule has 2 heterocycles. The number of rotatable bonds is 6. The molecular formula is C22H22ClN5O4S. The highest BCUT2D eigenvalue weighted by Crippen LogP contribution is 2.27. The van der Waals surface area contributed by atoms with E-state index in [1.54, 1.807) is 12.1 Å². The van der Waals surface area contributed by atoms with Crippen molar-refractivity contribution in [1.82, 2.24) is 9.97 Å². The highest BCUT2D eigenvalue weighted by molar-refractivity contribution is 7.92. The molecule has 0 radical (unpaired) electrons. The molecule has 4 N–H and O–H groups in total. The number of carbonyl (C=O) groups is 2. The quantitative estimate of drug-likeness (QED) is 0.449. The molecule has 0 saturated carbocycles. The summed E-state index contributed by atoms with van der Waals surface area (Å²) in [4.78, 5) is 32.2. The number of hydrogen-bond acceptors (Lipinski definition) is 6. The van der Waals surface area contributed by atoms with Crippen LogP contribution in [0.5, 0.6) is 0 Å². The van der Waals surface area contributed by atoms with Gasteiger partial charge in [0.2, 0.25) is 5.78 Å². The number of nitrogens with one attached hydrogen (secondary N) is 2. The van der Waals surface area contributed by atoms with Gasteiger partial charge in [0.05, 0.1) is 15.6 Å². The van der Waals surface area contributed by atoms with Crippen molar-refractivity contribution in [3.63, 3.8) is 0 Å². The van der Waals surface area contributed by atoms with E-state index in [-0.39, 0.29) is 38.2 Å². The number of nitrogens with two attached hydrogens (primary N) is 1. The van der Waals surface area contributed by atoms with Gasteiger partial charge in [-0.2, -0.15) is 0 Å². The van der Waals surface area contributed by atoms with Crippen LogP contribution in [0, 0.1) is 0 Å². The molecular weight excluding hydrogens is 466 g/mol. The Hall–Kier alpha value is -3.50. The number of sulfonamides is 1. The molecule has 0 aliphatic heterocycles. The lowest BCUT2D eigenvalue weighted by atomic mass is 9.87. The van der Waals surface area contributed by atoms with Crippen LogP contribution in [0.15, 0.2) is 59.6 Å². The molecule has 0 fully saturated rings. The van der Waals surface area contributed by atoms with Crippen LogP contribution in [-0.4, -0.2) is 30.2 Å². The van der Waals surface area contributed by atoms with Crippen LogP contribution in [0.3, 0.4) is 0 Å². The van der Waals surface area contributed by atoms with Crippen molar-refractivity contribution in [1.29, 1.82) is 0 Å². The first-order valence-electron chi connectivity index (χ1n) is 9.74. The molecule has 0 bridgehead atoms. The van der Waals surface area contributed by atoms with Gasteiger partial charge in [0.25, 0.3) is 10.0 Å². The summed E-state index contributed by atoms with van der Waals surface area (Å²) in [7, 11) is -4.05. The van der Waals surface area contributed by atoms with Crippen LogP contribution < -0.4 is 15.8 Å². The summed E-state index contributed by atoms with van der Waals surface area (Å²) >= 11 is 6.01. The number of halogens is 1. The number of primary amides is 1. The summed E-state index contributed by atoms with van der Waals surface area (Å²) in [5.41, 5.74) is 5.51. The van der Waals surface area contributed by atoms with Gasteiger partial charge in [0.15, 0.2) is 0 Å². The maximum absolute atomic E-state index is 13.0. The van der Waals surface area contributed by atoms with E-state index in [0.29, 0.717) is 0 Å². The Morgan fingerprint density at radius 3 is 2.33 bits per heavy atom. The van der Waals surface area contributed by atoms with Crippen LogP contribution in [0.1, 0.15) is 42.5 Å². The van der Waals surface area contributed by atoms with E-state index in [0.717, 1.165) is 5.56 Å². The lowest BCUT2D eigenvalue weighted by Gasteiger charge is -2.19. The smallest absolute Gasteiger partial charge is 0.317 e. The lowest BCUT2D eigenvalue weighted by Crippen LogP contribution is -2.21. The van der Waals surface area contributed by atoms with Gasteiger partial charge >= 0.3 is 6.03 Å². The molecule has 33 heavy (non-hydrogen) atoms. The van der Waals surface area contributed by atoms with Crippen molar-refractivity contribution < 1.29 is 18.0 Å². The predicted octanol–water partition coefficient (Wildman–Crippen LogP) is 3.95. The number of ketones is 1. The fourth-order valence-electron chi connectivity index (χ4n) is 2.91. The molecule has 172 valence electrons. The Labute approximate surface area is 196 Å². The second-order valence-corrected chi connectivity index (χ2v) is 10.3. The Bertz CT molecular complexity index is 1320. The second-order valence-electron chi connectivity index (χ2n) is 8.16. The van der Waals surface area contributed by atoms with Crippen LogP contribution in [0.4, 0.5) is 16.3 Å². The number of pyridine rings is 2. The first-order chi connectivity index (χ1) is 15.4. The Kier molecular flexibility index (Phi) is 6.71. The standard InChI is InChI=1S/C22H22ClN5O4S/c1-22(2,3)13-7-9-15(10-8-13)33(31,32)28-17-11-14(23)12-25-19(17)20(29)16-5-4-6-18(26-16)27-21(24)30/h4-12,28H,1-3H3,(H3,24,26,27,30). The van der Waals surface area contributed by atoms with Crippen molar-refractivity contribution in [2.75, 3.05) is 10.0 Å². The van der Waals surface area contributed by atoms with Gasteiger partial charge < -0.3 is 5.73 Å². The third kappa shape index (κ3) is 5.85. The number of nitrogens with zero attached hydrogens (tertiary/aromatic N) is 2. The van der Waals surface area contributed by atoms with Gasteiger partial charge in [0.1, 0.15) is 17.2 Å². The third-order valence-corrected chi connectivity index (χ3v) is 6.17. The van der Waals surface area contributed by atoms with Crippen molar-refractivity contribution in [3.05, 3.63) is 76.7 Å². The van der Waals surface area contributed by atoms with Crippen molar-refractivity contribution in [2.24, 2.45) is 5.73 Å². The Balaban J connectivity index is 1.96. The summed E-state index contributed by atoms with van der Waals surface area (Å²) in [6.07, 6.45) is 1.22. The number of aromatic nitrogens is 2. The molecule has 0 aliphatic carbocycles. The largest absolute Gasteiger partial charge is 0.351 e. The van der Waals surface area contributed by atoms with E-state index < -0.39 is 21.8 Å². The summed E-state index contributed by atoms with van der Waals surface area (Å²) in [5, 5.41) is 2.40. The molecule has 3 aromatic rings. The number of anilines is 2. The molecule has 0 saturated heterocycles.